The molecule has 0 aliphatic heterocycles. The third-order valence-corrected chi connectivity index (χ3v) is 2.74. The van der Waals surface area contributed by atoms with Gasteiger partial charge in [0, 0.05) is 18.2 Å². The Balaban J connectivity index is 2.36. The summed E-state index contributed by atoms with van der Waals surface area (Å²) in [6.07, 6.45) is 4.77. The van der Waals surface area contributed by atoms with E-state index in [0.717, 1.165) is 25.7 Å². The summed E-state index contributed by atoms with van der Waals surface area (Å²) in [5.41, 5.74) is 1.21. The molecule has 0 spiro atoms. The van der Waals surface area contributed by atoms with Crippen LogP contribution in [-0.2, 0) is 12.8 Å². The summed E-state index contributed by atoms with van der Waals surface area (Å²) in [4.78, 5) is 4.48. The zero-order valence-electron chi connectivity index (χ0n) is 7.92. The van der Waals surface area contributed by atoms with Crippen LogP contribution < -0.4 is 0 Å². The van der Waals surface area contributed by atoms with Crippen LogP contribution in [0.4, 0.5) is 0 Å². The van der Waals surface area contributed by atoms with Crippen LogP contribution in [0.5, 0.6) is 0 Å². The first-order chi connectivity index (χ1) is 6.36. The molecule has 0 unspecified atom stereocenters. The molecule has 1 rings (SSSR count). The first kappa shape index (κ1) is 10.2. The lowest BCUT2D eigenvalue weighted by Crippen LogP contribution is -1.86. The average Bonchev–Trinajstić information content (AvgIpc) is 2.54. The van der Waals surface area contributed by atoms with E-state index < -0.39 is 0 Å². The van der Waals surface area contributed by atoms with E-state index in [2.05, 4.69) is 23.4 Å². The minimum atomic E-state index is 0.642. The van der Waals surface area contributed by atoms with Crippen LogP contribution in [0, 0.1) is 11.3 Å². The molecule has 0 aromatic carbocycles. The summed E-state index contributed by atoms with van der Waals surface area (Å²) >= 11 is 1.72. The standard InChI is InChI=1S/C10H14N2S/c1-2-5-9-8-13-10(12-9)6-3-4-7-11/h8H,2-6H2,1H3. The Kier molecular flexibility index (Phi) is 4.48. The molecule has 1 aromatic heterocycles. The van der Waals surface area contributed by atoms with Crippen molar-refractivity contribution < 1.29 is 0 Å². The molecular weight excluding hydrogens is 180 g/mol. The minimum Gasteiger partial charge on any atom is -0.246 e. The second kappa shape index (κ2) is 5.71. The first-order valence-electron chi connectivity index (χ1n) is 4.67. The van der Waals surface area contributed by atoms with Gasteiger partial charge in [-0.05, 0) is 12.8 Å². The Morgan fingerprint density at radius 2 is 2.38 bits per heavy atom. The van der Waals surface area contributed by atoms with E-state index in [4.69, 9.17) is 5.26 Å². The van der Waals surface area contributed by atoms with Crippen LogP contribution in [-0.4, -0.2) is 4.98 Å². The fourth-order valence-corrected chi connectivity index (χ4v) is 2.03. The molecule has 0 radical (unpaired) electrons. The zero-order chi connectivity index (χ0) is 9.52. The molecule has 13 heavy (non-hydrogen) atoms. The number of hydrogen-bond donors (Lipinski definition) is 0. The highest BCUT2D eigenvalue weighted by Crippen LogP contribution is 2.13. The van der Waals surface area contributed by atoms with Gasteiger partial charge in [-0.3, -0.25) is 0 Å². The fourth-order valence-electron chi connectivity index (χ4n) is 1.15. The first-order valence-corrected chi connectivity index (χ1v) is 5.55. The lowest BCUT2D eigenvalue weighted by Gasteiger charge is -1.91. The molecular formula is C10H14N2S. The zero-order valence-corrected chi connectivity index (χ0v) is 8.73. The maximum absolute atomic E-state index is 8.37. The molecule has 1 heterocycles. The topological polar surface area (TPSA) is 36.7 Å². The smallest absolute Gasteiger partial charge is 0.0928 e. The lowest BCUT2D eigenvalue weighted by atomic mass is 10.2. The summed E-state index contributed by atoms with van der Waals surface area (Å²) in [6, 6.07) is 2.15. The molecule has 0 aliphatic carbocycles. The van der Waals surface area contributed by atoms with Gasteiger partial charge in [0.2, 0.25) is 0 Å². The van der Waals surface area contributed by atoms with Crippen molar-refractivity contribution in [3.8, 4) is 6.07 Å². The van der Waals surface area contributed by atoms with Gasteiger partial charge in [0.25, 0.3) is 0 Å². The third kappa shape index (κ3) is 3.56. The summed E-state index contributed by atoms with van der Waals surface area (Å²) in [6.45, 7) is 2.16. The molecule has 70 valence electrons. The van der Waals surface area contributed by atoms with Crippen LogP contribution >= 0.6 is 11.3 Å². The van der Waals surface area contributed by atoms with Crippen molar-refractivity contribution in [2.24, 2.45) is 0 Å². The Labute approximate surface area is 83.2 Å². The monoisotopic (exact) mass is 194 g/mol. The van der Waals surface area contributed by atoms with Gasteiger partial charge in [-0.2, -0.15) is 5.26 Å². The van der Waals surface area contributed by atoms with Crippen molar-refractivity contribution in [2.75, 3.05) is 0 Å². The molecule has 2 nitrogen and oxygen atoms in total. The number of rotatable bonds is 5. The lowest BCUT2D eigenvalue weighted by molar-refractivity contribution is 0.824. The molecule has 0 atom stereocenters. The SMILES string of the molecule is CCCc1csc(CCCC#N)n1. The van der Waals surface area contributed by atoms with Gasteiger partial charge in [-0.25, -0.2) is 4.98 Å². The molecule has 0 saturated carbocycles. The Morgan fingerprint density at radius 1 is 1.54 bits per heavy atom. The highest BCUT2D eigenvalue weighted by atomic mass is 32.1. The van der Waals surface area contributed by atoms with E-state index in [0.29, 0.717) is 6.42 Å². The number of thiazole rings is 1. The number of nitriles is 1. The number of hydrogen-bond acceptors (Lipinski definition) is 3. The number of unbranched alkanes of at least 4 members (excludes halogenated alkanes) is 1. The highest BCUT2D eigenvalue weighted by Gasteiger charge is 2.00. The van der Waals surface area contributed by atoms with Crippen molar-refractivity contribution in [3.63, 3.8) is 0 Å². The molecule has 0 saturated heterocycles. The quantitative estimate of drug-likeness (QED) is 0.676. The Bertz CT molecular complexity index is 285. The predicted molar refractivity (Wildman–Crippen MR) is 54.7 cm³/mol. The average molecular weight is 194 g/mol. The van der Waals surface area contributed by atoms with Crippen LogP contribution in [0.3, 0.4) is 0 Å². The third-order valence-electron chi connectivity index (χ3n) is 1.78. The normalized spacial score (nSPS) is 9.85. The summed E-state index contributed by atoms with van der Waals surface area (Å²) in [5, 5.41) is 11.7. The van der Waals surface area contributed by atoms with Gasteiger partial charge in [-0.15, -0.1) is 11.3 Å². The molecule has 0 bridgehead atoms. The van der Waals surface area contributed by atoms with E-state index >= 15 is 0 Å². The van der Waals surface area contributed by atoms with Crippen LogP contribution in [0.2, 0.25) is 0 Å². The summed E-state index contributed by atoms with van der Waals surface area (Å²) in [5.74, 6) is 0. The second-order valence-corrected chi connectivity index (χ2v) is 3.94. The van der Waals surface area contributed by atoms with Crippen molar-refractivity contribution >= 4 is 11.3 Å². The second-order valence-electron chi connectivity index (χ2n) is 2.99. The predicted octanol–water partition coefficient (Wildman–Crippen LogP) is 2.94. The van der Waals surface area contributed by atoms with E-state index in [1.165, 1.54) is 10.7 Å². The van der Waals surface area contributed by atoms with E-state index in [9.17, 15) is 0 Å². The molecule has 0 aliphatic rings. The van der Waals surface area contributed by atoms with Gasteiger partial charge >= 0.3 is 0 Å². The van der Waals surface area contributed by atoms with Crippen molar-refractivity contribution in [1.29, 1.82) is 5.26 Å². The Hall–Kier alpha value is -0.880. The number of aryl methyl sites for hydroxylation is 2. The van der Waals surface area contributed by atoms with Crippen molar-refractivity contribution in [1.82, 2.24) is 4.98 Å². The Morgan fingerprint density at radius 3 is 3.08 bits per heavy atom. The van der Waals surface area contributed by atoms with Crippen LogP contribution in [0.25, 0.3) is 0 Å². The van der Waals surface area contributed by atoms with Gasteiger partial charge < -0.3 is 0 Å². The van der Waals surface area contributed by atoms with E-state index in [1.807, 2.05) is 0 Å². The highest BCUT2D eigenvalue weighted by molar-refractivity contribution is 7.09. The summed E-state index contributed by atoms with van der Waals surface area (Å²) < 4.78 is 0. The van der Waals surface area contributed by atoms with Gasteiger partial charge in [0.15, 0.2) is 0 Å². The van der Waals surface area contributed by atoms with Gasteiger partial charge in [-0.1, -0.05) is 13.3 Å². The molecule has 0 fully saturated rings. The van der Waals surface area contributed by atoms with E-state index in [-0.39, 0.29) is 0 Å². The maximum Gasteiger partial charge on any atom is 0.0928 e. The van der Waals surface area contributed by atoms with Gasteiger partial charge in [0.05, 0.1) is 16.8 Å². The van der Waals surface area contributed by atoms with Crippen molar-refractivity contribution in [3.05, 3.63) is 16.1 Å². The van der Waals surface area contributed by atoms with Crippen LogP contribution in [0.15, 0.2) is 5.38 Å². The van der Waals surface area contributed by atoms with E-state index in [1.54, 1.807) is 11.3 Å². The van der Waals surface area contributed by atoms with Gasteiger partial charge in [0.1, 0.15) is 0 Å². The minimum absolute atomic E-state index is 0.642. The number of aromatic nitrogens is 1. The fraction of sp³-hybridized carbons (Fsp3) is 0.600. The van der Waals surface area contributed by atoms with Crippen LogP contribution in [0.1, 0.15) is 36.9 Å². The molecule has 3 heteroatoms. The summed E-state index contributed by atoms with van der Waals surface area (Å²) in [7, 11) is 0. The number of nitrogens with zero attached hydrogens (tertiary/aromatic N) is 2. The molecule has 0 N–H and O–H groups in total. The largest absolute Gasteiger partial charge is 0.246 e. The van der Waals surface area contributed by atoms with Crippen molar-refractivity contribution in [2.45, 2.75) is 39.0 Å². The molecule has 0 amide bonds. The molecule has 1 aromatic rings. The maximum atomic E-state index is 8.37.